The molecular formula is C20H23N3O3. The summed E-state index contributed by atoms with van der Waals surface area (Å²) < 4.78 is 5.91. The number of carbonyl (C=O) groups is 2. The Morgan fingerprint density at radius 3 is 2.65 bits per heavy atom. The Morgan fingerprint density at radius 1 is 1.23 bits per heavy atom. The molecule has 1 aliphatic rings. The lowest BCUT2D eigenvalue weighted by atomic mass is 10.1. The maximum absolute atomic E-state index is 12.5. The minimum absolute atomic E-state index is 0.0333. The van der Waals surface area contributed by atoms with Gasteiger partial charge in [-0.3, -0.25) is 14.6 Å². The Kier molecular flexibility index (Phi) is 5.30. The van der Waals surface area contributed by atoms with Crippen molar-refractivity contribution >= 4 is 11.7 Å². The molecule has 0 unspecified atom stereocenters. The summed E-state index contributed by atoms with van der Waals surface area (Å²) in [6.45, 7) is 6.82. The average molecular weight is 353 g/mol. The molecule has 0 bridgehead atoms. The van der Waals surface area contributed by atoms with Crippen LogP contribution < -0.4 is 4.74 Å². The van der Waals surface area contributed by atoms with E-state index < -0.39 is 0 Å². The molecule has 136 valence electrons. The van der Waals surface area contributed by atoms with Crippen molar-refractivity contribution in [3.05, 3.63) is 53.1 Å². The normalized spacial score (nSPS) is 14.0. The fourth-order valence-electron chi connectivity index (χ4n) is 2.84. The lowest BCUT2D eigenvalue weighted by molar-refractivity contribution is -0.139. The van der Waals surface area contributed by atoms with E-state index in [0.717, 1.165) is 17.0 Å². The smallest absolute Gasteiger partial charge is 0.222 e. The summed E-state index contributed by atoms with van der Waals surface area (Å²) >= 11 is 0. The summed E-state index contributed by atoms with van der Waals surface area (Å²) in [4.78, 5) is 34.5. The zero-order valence-electron chi connectivity index (χ0n) is 15.4. The van der Waals surface area contributed by atoms with Gasteiger partial charge in [-0.15, -0.1) is 0 Å². The number of Topliss-reactive ketones (excluding diaryl/α,β-unsaturated/α-hetero) is 1. The van der Waals surface area contributed by atoms with Crippen LogP contribution in [0.3, 0.4) is 0 Å². The number of rotatable bonds is 6. The summed E-state index contributed by atoms with van der Waals surface area (Å²) in [6.07, 6.45) is 2.43. The molecule has 0 atom stereocenters. The van der Waals surface area contributed by atoms with Gasteiger partial charge in [0.15, 0.2) is 5.78 Å². The number of pyridine rings is 2. The third kappa shape index (κ3) is 4.25. The number of carbonyl (C=O) groups excluding carboxylic acids is 2. The molecule has 1 fully saturated rings. The van der Waals surface area contributed by atoms with Gasteiger partial charge in [0, 0.05) is 36.1 Å². The molecule has 2 aromatic heterocycles. The van der Waals surface area contributed by atoms with Crippen LogP contribution in [0.5, 0.6) is 5.75 Å². The molecule has 26 heavy (non-hydrogen) atoms. The third-order valence-electron chi connectivity index (χ3n) is 4.33. The lowest BCUT2D eigenvalue weighted by Gasteiger charge is -2.38. The molecule has 6 nitrogen and oxygen atoms in total. The Hall–Kier alpha value is -2.76. The third-order valence-corrected chi connectivity index (χ3v) is 4.33. The molecule has 1 saturated heterocycles. The first-order valence-corrected chi connectivity index (χ1v) is 8.82. The highest BCUT2D eigenvalue weighted by molar-refractivity contribution is 5.95. The standard InChI is InChI=1S/C20H23N3O3/c1-4-20(25)23-11-17(12-23)26-16-7-14(3)22-18(9-16)19(24)8-15-6-5-13(2)10-21-15/h5-7,9-10,17H,4,8,11-12H2,1-3H3. The monoisotopic (exact) mass is 353 g/mol. The number of hydrogen-bond acceptors (Lipinski definition) is 5. The van der Waals surface area contributed by atoms with E-state index in [9.17, 15) is 9.59 Å². The highest BCUT2D eigenvalue weighted by Gasteiger charge is 2.31. The van der Waals surface area contributed by atoms with E-state index in [4.69, 9.17) is 4.74 Å². The van der Waals surface area contributed by atoms with Gasteiger partial charge >= 0.3 is 0 Å². The summed E-state index contributed by atoms with van der Waals surface area (Å²) in [6, 6.07) is 7.28. The molecular weight excluding hydrogens is 330 g/mol. The van der Waals surface area contributed by atoms with Crippen LogP contribution in [0, 0.1) is 13.8 Å². The summed E-state index contributed by atoms with van der Waals surface area (Å²) in [5.74, 6) is 0.662. The summed E-state index contributed by atoms with van der Waals surface area (Å²) in [5, 5.41) is 0. The van der Waals surface area contributed by atoms with E-state index in [1.807, 2.05) is 39.0 Å². The Balaban J connectivity index is 1.65. The number of ketones is 1. The number of ether oxygens (including phenoxy) is 1. The Labute approximate surface area is 153 Å². The highest BCUT2D eigenvalue weighted by atomic mass is 16.5. The van der Waals surface area contributed by atoms with Gasteiger partial charge in [-0.1, -0.05) is 13.0 Å². The summed E-state index contributed by atoms with van der Waals surface area (Å²) in [5.41, 5.74) is 2.88. The molecule has 1 amide bonds. The first kappa shape index (κ1) is 18.0. The number of aromatic nitrogens is 2. The van der Waals surface area contributed by atoms with Crippen LogP contribution in [0.4, 0.5) is 0 Å². The highest BCUT2D eigenvalue weighted by Crippen LogP contribution is 2.21. The first-order chi connectivity index (χ1) is 12.4. The van der Waals surface area contributed by atoms with Gasteiger partial charge < -0.3 is 9.64 Å². The average Bonchev–Trinajstić information content (AvgIpc) is 2.58. The van der Waals surface area contributed by atoms with E-state index in [0.29, 0.717) is 31.0 Å². The molecule has 0 aromatic carbocycles. The zero-order valence-corrected chi connectivity index (χ0v) is 15.4. The van der Waals surface area contributed by atoms with Gasteiger partial charge in [-0.25, -0.2) is 4.98 Å². The van der Waals surface area contributed by atoms with Crippen molar-refractivity contribution in [2.24, 2.45) is 0 Å². The van der Waals surface area contributed by atoms with Crippen LogP contribution in [0.15, 0.2) is 30.5 Å². The SMILES string of the molecule is CCC(=O)N1CC(Oc2cc(C)nc(C(=O)Cc3ccc(C)cn3)c2)C1. The van der Waals surface area contributed by atoms with Gasteiger partial charge in [0.1, 0.15) is 17.5 Å². The molecule has 3 heterocycles. The molecule has 1 aliphatic heterocycles. The lowest BCUT2D eigenvalue weighted by Crippen LogP contribution is -2.56. The molecule has 0 radical (unpaired) electrons. The van der Waals surface area contributed by atoms with Crippen molar-refractivity contribution < 1.29 is 14.3 Å². The van der Waals surface area contributed by atoms with Gasteiger partial charge in [-0.2, -0.15) is 0 Å². The minimum atomic E-state index is -0.0914. The van der Waals surface area contributed by atoms with Crippen LogP contribution in [-0.2, 0) is 11.2 Å². The van der Waals surface area contributed by atoms with Crippen LogP contribution in [0.2, 0.25) is 0 Å². The fourth-order valence-corrected chi connectivity index (χ4v) is 2.84. The number of hydrogen-bond donors (Lipinski definition) is 0. The number of aryl methyl sites for hydroxylation is 2. The number of amides is 1. The topological polar surface area (TPSA) is 72.4 Å². The molecule has 0 aliphatic carbocycles. The van der Waals surface area contributed by atoms with Crippen LogP contribution >= 0.6 is 0 Å². The Morgan fingerprint density at radius 2 is 2.00 bits per heavy atom. The van der Waals surface area contributed by atoms with Crippen molar-refractivity contribution in [3.8, 4) is 5.75 Å². The molecule has 0 N–H and O–H groups in total. The van der Waals surface area contributed by atoms with Gasteiger partial charge in [-0.05, 0) is 25.5 Å². The van der Waals surface area contributed by atoms with E-state index >= 15 is 0 Å². The summed E-state index contributed by atoms with van der Waals surface area (Å²) in [7, 11) is 0. The van der Waals surface area contributed by atoms with Gasteiger partial charge in [0.05, 0.1) is 19.5 Å². The fraction of sp³-hybridized carbons (Fsp3) is 0.400. The second-order valence-electron chi connectivity index (χ2n) is 6.65. The minimum Gasteiger partial charge on any atom is -0.487 e. The molecule has 0 saturated carbocycles. The van der Waals surface area contributed by atoms with E-state index in [1.165, 1.54) is 0 Å². The van der Waals surface area contributed by atoms with Crippen molar-refractivity contribution in [2.75, 3.05) is 13.1 Å². The Bertz CT molecular complexity index is 812. The number of nitrogens with zero attached hydrogens (tertiary/aromatic N) is 3. The van der Waals surface area contributed by atoms with Gasteiger partial charge in [0.25, 0.3) is 0 Å². The van der Waals surface area contributed by atoms with Crippen LogP contribution in [0.25, 0.3) is 0 Å². The number of likely N-dealkylation sites (tertiary alicyclic amines) is 1. The molecule has 6 heteroatoms. The van der Waals surface area contributed by atoms with Crippen molar-refractivity contribution in [2.45, 2.75) is 39.7 Å². The first-order valence-electron chi connectivity index (χ1n) is 8.82. The second-order valence-corrected chi connectivity index (χ2v) is 6.65. The predicted molar refractivity (Wildman–Crippen MR) is 97.3 cm³/mol. The maximum atomic E-state index is 12.5. The quantitative estimate of drug-likeness (QED) is 0.746. The molecule has 2 aromatic rings. The van der Waals surface area contributed by atoms with E-state index in [2.05, 4.69) is 9.97 Å². The predicted octanol–water partition coefficient (Wildman–Crippen LogP) is 2.52. The van der Waals surface area contributed by atoms with Crippen molar-refractivity contribution in [3.63, 3.8) is 0 Å². The molecule has 3 rings (SSSR count). The van der Waals surface area contributed by atoms with Gasteiger partial charge in [0.2, 0.25) is 5.91 Å². The maximum Gasteiger partial charge on any atom is 0.222 e. The molecule has 0 spiro atoms. The van der Waals surface area contributed by atoms with Crippen LogP contribution in [-0.4, -0.2) is 45.8 Å². The van der Waals surface area contributed by atoms with Crippen molar-refractivity contribution in [1.29, 1.82) is 0 Å². The van der Waals surface area contributed by atoms with Crippen molar-refractivity contribution in [1.82, 2.24) is 14.9 Å². The zero-order chi connectivity index (χ0) is 18.7. The largest absolute Gasteiger partial charge is 0.487 e. The second kappa shape index (κ2) is 7.64. The van der Waals surface area contributed by atoms with Crippen LogP contribution in [0.1, 0.15) is 40.8 Å². The van der Waals surface area contributed by atoms with E-state index in [1.54, 1.807) is 17.2 Å². The van der Waals surface area contributed by atoms with E-state index in [-0.39, 0.29) is 24.2 Å².